The number of nitrogens with zero attached hydrogens (tertiary/aromatic N) is 1. The molecule has 1 amide bonds. The fraction of sp³-hybridized carbons (Fsp3) is 0.435. The lowest BCUT2D eigenvalue weighted by atomic mass is 10.1. The number of hydrogen-bond donors (Lipinski definition) is 3. The zero-order chi connectivity index (χ0) is 20.5. The minimum atomic E-state index is -0.135. The molecule has 2 aromatic carbocycles. The summed E-state index contributed by atoms with van der Waals surface area (Å²) in [6, 6.07) is 15.0. The molecular weight excluding hydrogens is 366 g/mol. The Labute approximate surface area is 172 Å². The molecule has 0 aromatic heterocycles. The smallest absolute Gasteiger partial charge is 0.255 e. The van der Waals surface area contributed by atoms with Crippen LogP contribution in [0.2, 0.25) is 0 Å². The molecule has 3 N–H and O–H groups in total. The molecule has 6 heteroatoms. The first-order chi connectivity index (χ1) is 14.1. The number of carbonyl (C=O) groups excluding carboxylic acids is 1. The Morgan fingerprint density at radius 2 is 1.93 bits per heavy atom. The third-order valence-corrected chi connectivity index (χ3v) is 5.25. The lowest BCUT2D eigenvalue weighted by molar-refractivity contribution is 0.0821. The molecule has 1 saturated heterocycles. The highest BCUT2D eigenvalue weighted by molar-refractivity contribution is 6.04. The van der Waals surface area contributed by atoms with Gasteiger partial charge in [-0.15, -0.1) is 0 Å². The van der Waals surface area contributed by atoms with Crippen molar-refractivity contribution in [1.29, 1.82) is 0 Å². The summed E-state index contributed by atoms with van der Waals surface area (Å²) in [6.07, 6.45) is 2.76. The number of hydrogen-bond acceptors (Lipinski definition) is 5. The number of nitrogens with one attached hydrogen (secondary N) is 2. The Balaban J connectivity index is 1.40. The number of carbonyl (C=O) groups is 1. The fourth-order valence-corrected chi connectivity index (χ4v) is 3.51. The number of ether oxygens (including phenoxy) is 1. The average Bonchev–Trinajstić information content (AvgIpc) is 2.75. The van der Waals surface area contributed by atoms with Gasteiger partial charge in [-0.2, -0.15) is 0 Å². The lowest BCUT2D eigenvalue weighted by Crippen LogP contribution is -2.37. The zero-order valence-electron chi connectivity index (χ0n) is 17.1. The summed E-state index contributed by atoms with van der Waals surface area (Å²) in [5, 5.41) is 16.0. The number of methoxy groups -OCH3 is 1. The van der Waals surface area contributed by atoms with E-state index in [2.05, 4.69) is 21.6 Å². The van der Waals surface area contributed by atoms with Gasteiger partial charge in [0.2, 0.25) is 0 Å². The highest BCUT2D eigenvalue weighted by Gasteiger charge is 2.15. The summed E-state index contributed by atoms with van der Waals surface area (Å²) in [5.41, 5.74) is 2.52. The first-order valence-corrected chi connectivity index (χ1v) is 10.3. The second-order valence-electron chi connectivity index (χ2n) is 7.49. The van der Waals surface area contributed by atoms with Crippen molar-refractivity contribution in [3.8, 4) is 5.75 Å². The van der Waals surface area contributed by atoms with Crippen LogP contribution in [0.25, 0.3) is 0 Å². The lowest BCUT2D eigenvalue weighted by Gasteiger charge is -2.29. The van der Waals surface area contributed by atoms with Crippen LogP contribution in [0.15, 0.2) is 48.5 Å². The Hall–Kier alpha value is -2.41. The van der Waals surface area contributed by atoms with Crippen LogP contribution in [-0.2, 0) is 6.54 Å². The molecule has 0 bridgehead atoms. The summed E-state index contributed by atoms with van der Waals surface area (Å²) in [4.78, 5) is 14.8. The van der Waals surface area contributed by atoms with E-state index in [1.807, 2.05) is 18.2 Å². The quantitative estimate of drug-likeness (QED) is 0.568. The normalized spacial score (nSPS) is 15.2. The molecule has 0 atom stereocenters. The summed E-state index contributed by atoms with van der Waals surface area (Å²) in [5.74, 6) is 0.594. The number of benzene rings is 2. The van der Waals surface area contributed by atoms with Crippen LogP contribution in [0, 0.1) is 0 Å². The van der Waals surface area contributed by atoms with Gasteiger partial charge in [0.1, 0.15) is 5.75 Å². The van der Waals surface area contributed by atoms with Crippen molar-refractivity contribution < 1.29 is 14.6 Å². The van der Waals surface area contributed by atoms with Gasteiger partial charge in [0.15, 0.2) is 0 Å². The topological polar surface area (TPSA) is 73.8 Å². The van der Waals surface area contributed by atoms with Gasteiger partial charge < -0.3 is 25.4 Å². The highest BCUT2D eigenvalue weighted by atomic mass is 16.5. The predicted octanol–water partition coefficient (Wildman–Crippen LogP) is 2.88. The standard InChI is InChI=1S/C23H31N3O3/c1-29-22-8-6-19(7-9-22)23(28)25-20-5-2-4-18(16-20)17-24-12-3-13-26-14-10-21(27)11-15-26/h2,4-9,16,21,24,27H,3,10-15,17H2,1H3,(H,25,28). The third kappa shape index (κ3) is 6.85. The summed E-state index contributed by atoms with van der Waals surface area (Å²) in [7, 11) is 1.60. The van der Waals surface area contributed by atoms with Gasteiger partial charge in [-0.3, -0.25) is 4.79 Å². The van der Waals surface area contributed by atoms with Gasteiger partial charge in [0.05, 0.1) is 13.2 Å². The number of likely N-dealkylation sites (tertiary alicyclic amines) is 1. The van der Waals surface area contributed by atoms with E-state index in [9.17, 15) is 9.90 Å². The first-order valence-electron chi connectivity index (χ1n) is 10.3. The number of amides is 1. The van der Waals surface area contributed by atoms with Crippen molar-refractivity contribution in [2.75, 3.05) is 38.6 Å². The molecule has 156 valence electrons. The molecular formula is C23H31N3O3. The highest BCUT2D eigenvalue weighted by Crippen LogP contribution is 2.15. The number of rotatable bonds is 9. The van der Waals surface area contributed by atoms with Crippen molar-refractivity contribution in [3.05, 3.63) is 59.7 Å². The van der Waals surface area contributed by atoms with Crippen LogP contribution in [0.1, 0.15) is 35.2 Å². The Kier molecular flexibility index (Phi) is 8.04. The Bertz CT molecular complexity index is 771. The summed E-state index contributed by atoms with van der Waals surface area (Å²) < 4.78 is 5.13. The predicted molar refractivity (Wildman–Crippen MR) is 115 cm³/mol. The molecule has 0 saturated carbocycles. The largest absolute Gasteiger partial charge is 0.497 e. The average molecular weight is 398 g/mol. The van der Waals surface area contributed by atoms with E-state index < -0.39 is 0 Å². The zero-order valence-corrected chi connectivity index (χ0v) is 17.1. The number of aliphatic hydroxyl groups is 1. The van der Waals surface area contributed by atoms with Crippen LogP contribution in [0.4, 0.5) is 5.69 Å². The molecule has 6 nitrogen and oxygen atoms in total. The van der Waals surface area contributed by atoms with Crippen LogP contribution in [0.5, 0.6) is 5.75 Å². The molecule has 3 rings (SSSR count). The van der Waals surface area contributed by atoms with Gasteiger partial charge in [-0.1, -0.05) is 12.1 Å². The van der Waals surface area contributed by atoms with Gasteiger partial charge >= 0.3 is 0 Å². The van der Waals surface area contributed by atoms with Crippen molar-refractivity contribution in [2.45, 2.75) is 31.9 Å². The van der Waals surface area contributed by atoms with Gasteiger partial charge in [-0.25, -0.2) is 0 Å². The molecule has 1 fully saturated rings. The molecule has 0 unspecified atom stereocenters. The van der Waals surface area contributed by atoms with E-state index in [0.29, 0.717) is 5.56 Å². The van der Waals surface area contributed by atoms with Crippen molar-refractivity contribution in [2.24, 2.45) is 0 Å². The van der Waals surface area contributed by atoms with Crippen molar-refractivity contribution >= 4 is 11.6 Å². The van der Waals surface area contributed by atoms with E-state index in [-0.39, 0.29) is 12.0 Å². The van der Waals surface area contributed by atoms with Crippen molar-refractivity contribution in [3.63, 3.8) is 0 Å². The molecule has 1 aliphatic heterocycles. The Morgan fingerprint density at radius 3 is 2.66 bits per heavy atom. The minimum Gasteiger partial charge on any atom is -0.497 e. The van der Waals surface area contributed by atoms with Crippen molar-refractivity contribution in [1.82, 2.24) is 10.2 Å². The number of anilines is 1. The van der Waals surface area contributed by atoms with E-state index in [1.54, 1.807) is 31.4 Å². The summed E-state index contributed by atoms with van der Waals surface area (Å²) >= 11 is 0. The minimum absolute atomic E-state index is 0.109. The van der Waals surface area contributed by atoms with Crippen LogP contribution in [0.3, 0.4) is 0 Å². The third-order valence-electron chi connectivity index (χ3n) is 5.25. The van der Waals surface area contributed by atoms with E-state index in [0.717, 1.165) is 69.0 Å². The molecule has 1 heterocycles. The molecule has 2 aromatic rings. The molecule has 29 heavy (non-hydrogen) atoms. The van der Waals surface area contributed by atoms with E-state index in [1.165, 1.54) is 0 Å². The maximum absolute atomic E-state index is 12.4. The van der Waals surface area contributed by atoms with Crippen LogP contribution < -0.4 is 15.4 Å². The van der Waals surface area contributed by atoms with Crippen LogP contribution >= 0.6 is 0 Å². The SMILES string of the molecule is COc1ccc(C(=O)Nc2cccc(CNCCCN3CCC(O)CC3)c2)cc1. The maximum atomic E-state index is 12.4. The fourth-order valence-electron chi connectivity index (χ4n) is 3.51. The van der Waals surface area contributed by atoms with E-state index in [4.69, 9.17) is 4.74 Å². The number of piperidine rings is 1. The maximum Gasteiger partial charge on any atom is 0.255 e. The van der Waals surface area contributed by atoms with Gasteiger partial charge in [0.25, 0.3) is 5.91 Å². The first kappa shape index (κ1) is 21.3. The van der Waals surface area contributed by atoms with E-state index >= 15 is 0 Å². The van der Waals surface area contributed by atoms with Gasteiger partial charge in [0, 0.05) is 30.9 Å². The molecule has 0 aliphatic carbocycles. The monoisotopic (exact) mass is 397 g/mol. The Morgan fingerprint density at radius 1 is 1.17 bits per heavy atom. The van der Waals surface area contributed by atoms with Crippen LogP contribution in [-0.4, -0.2) is 55.3 Å². The molecule has 1 aliphatic rings. The van der Waals surface area contributed by atoms with Gasteiger partial charge in [-0.05, 0) is 74.3 Å². The number of aliphatic hydroxyl groups excluding tert-OH is 1. The second kappa shape index (κ2) is 11.0. The summed E-state index contributed by atoms with van der Waals surface area (Å²) in [6.45, 7) is 4.78. The second-order valence-corrected chi connectivity index (χ2v) is 7.49. The molecule has 0 spiro atoms. The molecule has 0 radical (unpaired) electrons.